The molecule has 0 radical (unpaired) electrons. The predicted octanol–water partition coefficient (Wildman–Crippen LogP) is 3.53. The molecule has 19 heavy (non-hydrogen) atoms. The largest absolute Gasteiger partial charge is 0.298 e. The third-order valence-corrected chi connectivity index (χ3v) is 6.66. The van der Waals surface area contributed by atoms with Crippen molar-refractivity contribution in [1.82, 2.24) is 0 Å². The van der Waals surface area contributed by atoms with E-state index in [9.17, 15) is 9.59 Å². The number of Topliss-reactive ketones (excluding diaryl/α,β-unsaturated/α-hetero) is 2. The van der Waals surface area contributed by atoms with Crippen LogP contribution in [-0.4, -0.2) is 11.6 Å². The second-order valence-corrected chi connectivity index (χ2v) is 7.52. The van der Waals surface area contributed by atoms with Crippen LogP contribution in [0.5, 0.6) is 0 Å². The molecule has 0 saturated heterocycles. The summed E-state index contributed by atoms with van der Waals surface area (Å²) in [5.74, 6) is 2.33. The molecule has 2 nitrogen and oxygen atoms in total. The lowest BCUT2D eigenvalue weighted by atomic mass is 9.79. The molecule has 4 aliphatic carbocycles. The summed E-state index contributed by atoms with van der Waals surface area (Å²) in [6, 6.07) is 0. The van der Waals surface area contributed by atoms with Gasteiger partial charge in [0.25, 0.3) is 0 Å². The Morgan fingerprint density at radius 2 is 1.11 bits per heavy atom. The highest BCUT2D eigenvalue weighted by Crippen LogP contribution is 2.59. The van der Waals surface area contributed by atoms with Gasteiger partial charge in [0.05, 0.1) is 5.41 Å². The van der Waals surface area contributed by atoms with Gasteiger partial charge in [0.15, 0.2) is 0 Å². The van der Waals surface area contributed by atoms with Gasteiger partial charge in [-0.05, 0) is 50.4 Å². The molecule has 4 aliphatic rings. The van der Waals surface area contributed by atoms with Crippen LogP contribution in [0.25, 0.3) is 0 Å². The van der Waals surface area contributed by atoms with Crippen molar-refractivity contribution in [2.45, 2.75) is 64.2 Å². The molecular weight excluding hydrogens is 236 g/mol. The summed E-state index contributed by atoms with van der Waals surface area (Å²) in [5, 5.41) is 0. The average Bonchev–Trinajstić information content (AvgIpc) is 2.88. The van der Waals surface area contributed by atoms with Crippen LogP contribution in [-0.2, 0) is 9.59 Å². The minimum atomic E-state index is -0.501. The molecular formula is C17H24O2. The third-order valence-electron chi connectivity index (χ3n) is 6.66. The van der Waals surface area contributed by atoms with E-state index in [1.807, 2.05) is 0 Å². The molecule has 0 aromatic rings. The summed E-state index contributed by atoms with van der Waals surface area (Å²) in [5.41, 5.74) is -0.501. The fraction of sp³-hybridized carbons (Fsp3) is 0.882. The summed E-state index contributed by atoms with van der Waals surface area (Å²) < 4.78 is 0. The van der Waals surface area contributed by atoms with E-state index in [2.05, 4.69) is 0 Å². The lowest BCUT2D eigenvalue weighted by molar-refractivity contribution is -0.139. The zero-order valence-electron chi connectivity index (χ0n) is 11.7. The van der Waals surface area contributed by atoms with Crippen LogP contribution in [0.1, 0.15) is 64.2 Å². The number of carbonyl (C=O) groups is 2. The molecule has 0 aromatic carbocycles. The molecule has 0 aromatic heterocycles. The van der Waals surface area contributed by atoms with Crippen LogP contribution in [0.2, 0.25) is 0 Å². The minimum Gasteiger partial charge on any atom is -0.298 e. The van der Waals surface area contributed by atoms with Crippen LogP contribution in [0.15, 0.2) is 0 Å². The Bertz CT molecular complexity index is 385. The molecule has 0 heterocycles. The van der Waals surface area contributed by atoms with Crippen molar-refractivity contribution in [2.24, 2.45) is 29.1 Å². The van der Waals surface area contributed by atoms with Crippen LogP contribution < -0.4 is 0 Å². The molecule has 104 valence electrons. The van der Waals surface area contributed by atoms with Gasteiger partial charge in [0, 0.05) is 11.8 Å². The van der Waals surface area contributed by atoms with Gasteiger partial charge in [-0.2, -0.15) is 0 Å². The van der Waals surface area contributed by atoms with E-state index in [1.54, 1.807) is 0 Å². The van der Waals surface area contributed by atoms with Crippen molar-refractivity contribution in [2.75, 3.05) is 0 Å². The first-order valence-electron chi connectivity index (χ1n) is 8.31. The number of hydrogen-bond donors (Lipinski definition) is 0. The summed E-state index contributed by atoms with van der Waals surface area (Å²) in [7, 11) is 0. The standard InChI is InChI=1S/C17H24O2/c18-15-13-7-3-1-5-11(13)9-17(15)10-12-6-2-4-8-14(12)16(17)19/h11-14H,1-10H2. The lowest BCUT2D eigenvalue weighted by Crippen LogP contribution is -2.35. The molecule has 0 aliphatic heterocycles. The normalized spacial score (nSPS) is 49.5. The fourth-order valence-electron chi connectivity index (χ4n) is 5.81. The van der Waals surface area contributed by atoms with E-state index in [-0.39, 0.29) is 11.8 Å². The third kappa shape index (κ3) is 1.55. The van der Waals surface area contributed by atoms with Crippen molar-refractivity contribution in [3.63, 3.8) is 0 Å². The lowest BCUT2D eigenvalue weighted by Gasteiger charge is -2.22. The van der Waals surface area contributed by atoms with E-state index >= 15 is 0 Å². The Labute approximate surface area is 115 Å². The first-order valence-corrected chi connectivity index (χ1v) is 8.31. The zero-order valence-corrected chi connectivity index (χ0v) is 11.7. The Balaban J connectivity index is 1.67. The van der Waals surface area contributed by atoms with E-state index < -0.39 is 5.41 Å². The molecule has 4 saturated carbocycles. The van der Waals surface area contributed by atoms with Crippen LogP contribution in [0.4, 0.5) is 0 Å². The van der Waals surface area contributed by atoms with Crippen molar-refractivity contribution >= 4 is 11.6 Å². The average molecular weight is 260 g/mol. The molecule has 0 N–H and O–H groups in total. The number of ketones is 2. The molecule has 1 spiro atoms. The summed E-state index contributed by atoms with van der Waals surface area (Å²) in [6.45, 7) is 0. The monoisotopic (exact) mass is 260 g/mol. The first-order chi connectivity index (χ1) is 9.22. The number of hydrogen-bond acceptors (Lipinski definition) is 2. The molecule has 2 heteroatoms. The summed E-state index contributed by atoms with van der Waals surface area (Å²) in [6.07, 6.45) is 11.3. The van der Waals surface area contributed by atoms with E-state index in [0.29, 0.717) is 23.4 Å². The summed E-state index contributed by atoms with van der Waals surface area (Å²) >= 11 is 0. The first kappa shape index (κ1) is 12.1. The van der Waals surface area contributed by atoms with Gasteiger partial charge in [-0.3, -0.25) is 9.59 Å². The Morgan fingerprint density at radius 3 is 1.53 bits per heavy atom. The highest BCUT2D eigenvalue weighted by Gasteiger charge is 2.63. The molecule has 4 fully saturated rings. The van der Waals surface area contributed by atoms with Gasteiger partial charge >= 0.3 is 0 Å². The van der Waals surface area contributed by atoms with Gasteiger partial charge in [-0.15, -0.1) is 0 Å². The van der Waals surface area contributed by atoms with Gasteiger partial charge in [-0.1, -0.05) is 25.7 Å². The smallest absolute Gasteiger partial charge is 0.149 e. The van der Waals surface area contributed by atoms with Crippen LogP contribution >= 0.6 is 0 Å². The van der Waals surface area contributed by atoms with Gasteiger partial charge in [0.2, 0.25) is 0 Å². The maximum Gasteiger partial charge on any atom is 0.149 e. The molecule has 0 amide bonds. The topological polar surface area (TPSA) is 34.1 Å². The minimum absolute atomic E-state index is 0.248. The van der Waals surface area contributed by atoms with Crippen LogP contribution in [0.3, 0.4) is 0 Å². The number of fused-ring (bicyclic) bond motifs is 2. The van der Waals surface area contributed by atoms with E-state index in [4.69, 9.17) is 0 Å². The second-order valence-electron chi connectivity index (χ2n) is 7.52. The number of carbonyl (C=O) groups excluding carboxylic acids is 2. The molecule has 4 unspecified atom stereocenters. The Morgan fingerprint density at radius 1 is 0.684 bits per heavy atom. The summed E-state index contributed by atoms with van der Waals surface area (Å²) in [4.78, 5) is 25.8. The maximum atomic E-state index is 12.9. The molecule has 4 rings (SSSR count). The highest BCUT2D eigenvalue weighted by atomic mass is 16.2. The van der Waals surface area contributed by atoms with Crippen LogP contribution in [0, 0.1) is 29.1 Å². The van der Waals surface area contributed by atoms with Gasteiger partial charge in [-0.25, -0.2) is 0 Å². The highest BCUT2D eigenvalue weighted by molar-refractivity contribution is 6.11. The fourth-order valence-corrected chi connectivity index (χ4v) is 5.81. The second kappa shape index (κ2) is 4.17. The SMILES string of the molecule is O=C1C2CCCCC2CC12CC1CCCCC1C2=O. The quantitative estimate of drug-likeness (QED) is 0.624. The maximum absolute atomic E-state index is 12.9. The Hall–Kier alpha value is -0.660. The molecule has 0 bridgehead atoms. The van der Waals surface area contributed by atoms with Crippen molar-refractivity contribution < 1.29 is 9.59 Å². The van der Waals surface area contributed by atoms with E-state index in [1.165, 1.54) is 38.5 Å². The van der Waals surface area contributed by atoms with Crippen molar-refractivity contribution in [3.8, 4) is 0 Å². The molecule has 4 atom stereocenters. The van der Waals surface area contributed by atoms with E-state index in [0.717, 1.165) is 25.7 Å². The van der Waals surface area contributed by atoms with Gasteiger partial charge < -0.3 is 0 Å². The van der Waals surface area contributed by atoms with Crippen molar-refractivity contribution in [3.05, 3.63) is 0 Å². The predicted molar refractivity (Wildman–Crippen MR) is 72.6 cm³/mol. The Kier molecular flexibility index (Phi) is 2.65. The van der Waals surface area contributed by atoms with Gasteiger partial charge in [0.1, 0.15) is 11.6 Å². The van der Waals surface area contributed by atoms with Crippen molar-refractivity contribution in [1.29, 1.82) is 0 Å². The number of rotatable bonds is 0. The zero-order chi connectivity index (χ0) is 13.0.